The molecule has 0 aliphatic carbocycles. The molecule has 0 aliphatic rings. The Labute approximate surface area is 186 Å². The lowest BCUT2D eigenvalue weighted by atomic mass is 9.97. The molecule has 0 saturated carbocycles. The fourth-order valence-electron chi connectivity index (χ4n) is 3.61. The van der Waals surface area contributed by atoms with Crippen molar-refractivity contribution in [3.8, 4) is 22.3 Å². The maximum Gasteiger partial charge on any atom is 0.167 e. The molecule has 32 heavy (non-hydrogen) atoms. The summed E-state index contributed by atoms with van der Waals surface area (Å²) in [5.74, 6) is -1.99. The van der Waals surface area contributed by atoms with Gasteiger partial charge in [-0.15, -0.1) is 0 Å². The van der Waals surface area contributed by atoms with Gasteiger partial charge in [0, 0.05) is 16.7 Å². The monoisotopic (exact) mass is 428 g/mol. The zero-order chi connectivity index (χ0) is 22.7. The molecule has 0 saturated heterocycles. The van der Waals surface area contributed by atoms with Crippen molar-refractivity contribution >= 4 is 12.2 Å². The highest BCUT2D eigenvalue weighted by atomic mass is 19.2. The molecule has 0 heterocycles. The van der Waals surface area contributed by atoms with Crippen LogP contribution >= 0.6 is 0 Å². The largest absolute Gasteiger partial charge is 0.206 e. The molecule has 4 aromatic carbocycles. The van der Waals surface area contributed by atoms with E-state index in [9.17, 15) is 13.2 Å². The maximum atomic E-state index is 14.9. The first-order valence-electron chi connectivity index (χ1n) is 10.6. The van der Waals surface area contributed by atoms with Gasteiger partial charge < -0.3 is 0 Å². The molecule has 0 radical (unpaired) electrons. The molecule has 160 valence electrons. The highest BCUT2D eigenvalue weighted by Gasteiger charge is 2.15. The standard InChI is InChI=1S/C29H23F3/c1-3-20-6-14-24(27(30)18-20)15-9-21-7-12-23(13-8-21)26-17-16-25(28(31)29(26)32)22-10-4-19(2)5-11-22/h4-18H,3H2,1-2H3/b15-9+. The van der Waals surface area contributed by atoms with Crippen LogP contribution in [0.2, 0.25) is 0 Å². The summed E-state index contributed by atoms with van der Waals surface area (Å²) >= 11 is 0. The molecule has 3 heteroatoms. The van der Waals surface area contributed by atoms with Crippen LogP contribution in [-0.4, -0.2) is 0 Å². The Balaban J connectivity index is 1.57. The first-order valence-corrected chi connectivity index (χ1v) is 10.6. The predicted molar refractivity (Wildman–Crippen MR) is 127 cm³/mol. The lowest BCUT2D eigenvalue weighted by Gasteiger charge is -2.10. The minimum Gasteiger partial charge on any atom is -0.206 e. The molecule has 0 N–H and O–H groups in total. The molecule has 0 atom stereocenters. The fraction of sp³-hybridized carbons (Fsp3) is 0.103. The van der Waals surface area contributed by atoms with Gasteiger partial charge in [-0.2, -0.15) is 0 Å². The van der Waals surface area contributed by atoms with E-state index in [0.29, 0.717) is 16.7 Å². The SMILES string of the molecule is CCc1ccc(/C=C/c2ccc(-c3ccc(-c4ccc(C)cc4)c(F)c3F)cc2)c(F)c1. The van der Waals surface area contributed by atoms with Crippen molar-refractivity contribution in [3.05, 3.63) is 119 Å². The van der Waals surface area contributed by atoms with E-state index in [1.54, 1.807) is 72.8 Å². The van der Waals surface area contributed by atoms with Gasteiger partial charge in [-0.25, -0.2) is 13.2 Å². The summed E-state index contributed by atoms with van der Waals surface area (Å²) in [4.78, 5) is 0. The molecule has 0 fully saturated rings. The molecule has 0 nitrogen and oxygen atoms in total. The van der Waals surface area contributed by atoms with Gasteiger partial charge in [-0.3, -0.25) is 0 Å². The highest BCUT2D eigenvalue weighted by molar-refractivity contribution is 5.74. The average Bonchev–Trinajstić information content (AvgIpc) is 2.81. The van der Waals surface area contributed by atoms with Crippen LogP contribution in [0.25, 0.3) is 34.4 Å². The summed E-state index contributed by atoms with van der Waals surface area (Å²) in [6.45, 7) is 3.93. The highest BCUT2D eigenvalue weighted by Crippen LogP contribution is 2.32. The van der Waals surface area contributed by atoms with Crippen LogP contribution < -0.4 is 0 Å². The molecule has 0 amide bonds. The first kappa shape index (κ1) is 21.6. The summed E-state index contributed by atoms with van der Waals surface area (Å²) in [7, 11) is 0. The number of rotatable bonds is 5. The van der Waals surface area contributed by atoms with Crippen molar-refractivity contribution in [1.29, 1.82) is 0 Å². The molecular weight excluding hydrogens is 405 g/mol. The van der Waals surface area contributed by atoms with Crippen molar-refractivity contribution in [2.45, 2.75) is 20.3 Å². The van der Waals surface area contributed by atoms with Crippen LogP contribution in [0, 0.1) is 24.4 Å². The van der Waals surface area contributed by atoms with Crippen molar-refractivity contribution in [1.82, 2.24) is 0 Å². The zero-order valence-electron chi connectivity index (χ0n) is 18.0. The van der Waals surface area contributed by atoms with E-state index >= 15 is 0 Å². The van der Waals surface area contributed by atoms with Crippen LogP contribution in [0.1, 0.15) is 29.2 Å². The van der Waals surface area contributed by atoms with Crippen molar-refractivity contribution in [3.63, 3.8) is 0 Å². The molecule has 0 spiro atoms. The first-order chi connectivity index (χ1) is 15.5. The second-order valence-corrected chi connectivity index (χ2v) is 7.82. The Hall–Kier alpha value is -3.59. The van der Waals surface area contributed by atoms with Gasteiger partial charge in [0.2, 0.25) is 0 Å². The van der Waals surface area contributed by atoms with E-state index in [2.05, 4.69) is 0 Å². The summed E-state index contributed by atoms with van der Waals surface area (Å²) in [6, 6.07) is 22.8. The number of hydrogen-bond donors (Lipinski definition) is 0. The predicted octanol–water partition coefficient (Wildman–Crippen LogP) is 8.48. The normalized spacial score (nSPS) is 11.3. The van der Waals surface area contributed by atoms with E-state index in [0.717, 1.165) is 23.1 Å². The Kier molecular flexibility index (Phi) is 6.27. The summed E-state index contributed by atoms with van der Waals surface area (Å²) in [5, 5.41) is 0. The van der Waals surface area contributed by atoms with Gasteiger partial charge in [0.05, 0.1) is 0 Å². The van der Waals surface area contributed by atoms with Crippen LogP contribution in [-0.2, 0) is 6.42 Å². The van der Waals surface area contributed by atoms with Gasteiger partial charge in [0.15, 0.2) is 11.6 Å². The Morgan fingerprint density at radius 2 is 1.22 bits per heavy atom. The number of benzene rings is 4. The third-order valence-electron chi connectivity index (χ3n) is 5.60. The van der Waals surface area contributed by atoms with Crippen LogP contribution in [0.4, 0.5) is 13.2 Å². The lowest BCUT2D eigenvalue weighted by Crippen LogP contribution is -1.94. The summed E-state index contributed by atoms with van der Waals surface area (Å²) in [5.41, 5.74) is 5.01. The lowest BCUT2D eigenvalue weighted by molar-refractivity contribution is 0.514. The molecule has 4 rings (SSSR count). The summed E-state index contributed by atoms with van der Waals surface area (Å²) < 4.78 is 43.8. The third-order valence-corrected chi connectivity index (χ3v) is 5.60. The number of hydrogen-bond acceptors (Lipinski definition) is 0. The quantitative estimate of drug-likeness (QED) is 0.280. The smallest absolute Gasteiger partial charge is 0.167 e. The molecule has 0 aromatic heterocycles. The second kappa shape index (κ2) is 9.27. The topological polar surface area (TPSA) is 0 Å². The van der Waals surface area contributed by atoms with Crippen LogP contribution in [0.3, 0.4) is 0 Å². The molecule has 4 aromatic rings. The minimum absolute atomic E-state index is 0.204. The third kappa shape index (κ3) is 4.52. The van der Waals surface area contributed by atoms with Crippen molar-refractivity contribution in [2.24, 2.45) is 0 Å². The Morgan fingerprint density at radius 3 is 1.75 bits per heavy atom. The molecule has 0 unspecified atom stereocenters. The fourth-order valence-corrected chi connectivity index (χ4v) is 3.61. The number of halogens is 3. The minimum atomic E-state index is -0.871. The van der Waals surface area contributed by atoms with Gasteiger partial charge in [-0.1, -0.05) is 97.4 Å². The van der Waals surface area contributed by atoms with E-state index in [1.165, 1.54) is 0 Å². The van der Waals surface area contributed by atoms with Gasteiger partial charge in [0.1, 0.15) is 5.82 Å². The molecule has 0 aliphatic heterocycles. The van der Waals surface area contributed by atoms with Gasteiger partial charge in [-0.05, 0) is 41.7 Å². The van der Waals surface area contributed by atoms with Crippen LogP contribution in [0.5, 0.6) is 0 Å². The van der Waals surface area contributed by atoms with E-state index in [1.807, 2.05) is 32.0 Å². The average molecular weight is 428 g/mol. The van der Waals surface area contributed by atoms with E-state index in [4.69, 9.17) is 0 Å². The van der Waals surface area contributed by atoms with Crippen molar-refractivity contribution in [2.75, 3.05) is 0 Å². The van der Waals surface area contributed by atoms with E-state index < -0.39 is 11.6 Å². The summed E-state index contributed by atoms with van der Waals surface area (Å²) in [6.07, 6.45) is 4.29. The zero-order valence-corrected chi connectivity index (χ0v) is 18.0. The molecular formula is C29H23F3. The molecule has 0 bridgehead atoms. The van der Waals surface area contributed by atoms with Crippen molar-refractivity contribution < 1.29 is 13.2 Å². The van der Waals surface area contributed by atoms with E-state index in [-0.39, 0.29) is 16.9 Å². The number of aryl methyl sites for hydroxylation is 2. The van der Waals surface area contributed by atoms with Gasteiger partial charge >= 0.3 is 0 Å². The maximum absolute atomic E-state index is 14.9. The second-order valence-electron chi connectivity index (χ2n) is 7.82. The Morgan fingerprint density at radius 1 is 0.656 bits per heavy atom. The van der Waals surface area contributed by atoms with Gasteiger partial charge in [0.25, 0.3) is 0 Å². The Bertz CT molecular complexity index is 1270. The van der Waals surface area contributed by atoms with Crippen LogP contribution in [0.15, 0.2) is 78.9 Å².